The molecule has 0 bridgehead atoms. The third-order valence-corrected chi connectivity index (χ3v) is 4.85. The number of rotatable bonds is 8. The van der Waals surface area contributed by atoms with Crippen LogP contribution in [0.4, 0.5) is 0 Å². The Hall–Kier alpha value is -3.28. The van der Waals surface area contributed by atoms with Crippen LogP contribution in [0.2, 0.25) is 0 Å². The zero-order chi connectivity index (χ0) is 21.3. The van der Waals surface area contributed by atoms with Gasteiger partial charge in [0, 0.05) is 18.8 Å². The Morgan fingerprint density at radius 1 is 1.07 bits per heavy atom. The molecule has 158 valence electrons. The second-order valence-corrected chi connectivity index (χ2v) is 7.36. The van der Waals surface area contributed by atoms with Gasteiger partial charge in [0.1, 0.15) is 5.75 Å². The molecule has 0 radical (unpaired) electrons. The third kappa shape index (κ3) is 5.86. The first-order valence-corrected chi connectivity index (χ1v) is 10.5. The molecule has 0 amide bonds. The van der Waals surface area contributed by atoms with Gasteiger partial charge >= 0.3 is 0 Å². The fourth-order valence-corrected chi connectivity index (χ4v) is 3.39. The molecule has 0 aliphatic rings. The van der Waals surface area contributed by atoms with E-state index in [4.69, 9.17) is 4.99 Å². The summed E-state index contributed by atoms with van der Waals surface area (Å²) in [6, 6.07) is 17.7. The van der Waals surface area contributed by atoms with Gasteiger partial charge in [0.2, 0.25) is 0 Å². The molecule has 30 heavy (non-hydrogen) atoms. The highest BCUT2D eigenvalue weighted by Crippen LogP contribution is 2.18. The summed E-state index contributed by atoms with van der Waals surface area (Å²) in [4.78, 5) is 4.78. The number of aromatic hydroxyl groups is 1. The van der Waals surface area contributed by atoms with Crippen LogP contribution in [0, 0.1) is 13.8 Å². The number of nitrogens with one attached hydrogen (secondary N) is 2. The first-order valence-electron chi connectivity index (χ1n) is 10.5. The number of hydrogen-bond acceptors (Lipinski definition) is 3. The summed E-state index contributed by atoms with van der Waals surface area (Å²) in [6.45, 7) is 8.35. The van der Waals surface area contributed by atoms with Crippen molar-refractivity contribution in [1.82, 2.24) is 20.4 Å². The molecular weight excluding hydrogens is 374 g/mol. The average Bonchev–Trinajstić information content (AvgIpc) is 3.08. The minimum absolute atomic E-state index is 0.305. The van der Waals surface area contributed by atoms with Gasteiger partial charge in [0.15, 0.2) is 5.96 Å². The van der Waals surface area contributed by atoms with Crippen molar-refractivity contribution in [2.24, 2.45) is 4.99 Å². The van der Waals surface area contributed by atoms with Crippen molar-refractivity contribution in [3.05, 3.63) is 77.1 Å². The molecular formula is C24H31N5O. The average molecular weight is 406 g/mol. The molecule has 0 saturated heterocycles. The zero-order valence-corrected chi connectivity index (χ0v) is 18.0. The highest BCUT2D eigenvalue weighted by molar-refractivity contribution is 5.79. The molecule has 3 aromatic rings. The molecule has 1 heterocycles. The highest BCUT2D eigenvalue weighted by atomic mass is 16.3. The predicted octanol–water partition coefficient (Wildman–Crippen LogP) is 3.88. The van der Waals surface area contributed by atoms with Gasteiger partial charge in [-0.3, -0.25) is 0 Å². The van der Waals surface area contributed by atoms with E-state index in [-0.39, 0.29) is 0 Å². The lowest BCUT2D eigenvalue weighted by Gasteiger charge is -2.13. The van der Waals surface area contributed by atoms with E-state index in [1.165, 1.54) is 5.56 Å². The Labute approximate surface area is 178 Å². The summed E-state index contributed by atoms with van der Waals surface area (Å²) in [7, 11) is 0. The van der Waals surface area contributed by atoms with Crippen molar-refractivity contribution >= 4 is 5.96 Å². The fraction of sp³-hybridized carbons (Fsp3) is 0.333. The van der Waals surface area contributed by atoms with Gasteiger partial charge < -0.3 is 15.7 Å². The van der Waals surface area contributed by atoms with Crippen LogP contribution in [0.3, 0.4) is 0 Å². The normalized spacial score (nSPS) is 11.5. The summed E-state index contributed by atoms with van der Waals surface area (Å²) < 4.78 is 1.98. The van der Waals surface area contributed by atoms with Crippen LogP contribution in [-0.2, 0) is 13.0 Å². The first-order chi connectivity index (χ1) is 14.6. The van der Waals surface area contributed by atoms with Crippen LogP contribution in [0.15, 0.2) is 59.6 Å². The lowest BCUT2D eigenvalue weighted by molar-refractivity contribution is 0.475. The van der Waals surface area contributed by atoms with E-state index in [1.807, 2.05) is 35.9 Å². The summed E-state index contributed by atoms with van der Waals surface area (Å²) in [5, 5.41) is 20.7. The number of nitrogens with zero attached hydrogens (tertiary/aromatic N) is 3. The minimum Gasteiger partial charge on any atom is -0.508 e. The van der Waals surface area contributed by atoms with E-state index in [0.717, 1.165) is 54.5 Å². The molecule has 6 nitrogen and oxygen atoms in total. The number of para-hydroxylation sites is 1. The topological polar surface area (TPSA) is 74.5 Å². The molecule has 3 N–H and O–H groups in total. The van der Waals surface area contributed by atoms with Crippen molar-refractivity contribution in [2.75, 3.05) is 13.1 Å². The van der Waals surface area contributed by atoms with E-state index in [0.29, 0.717) is 12.3 Å². The van der Waals surface area contributed by atoms with Crippen LogP contribution >= 0.6 is 0 Å². The van der Waals surface area contributed by atoms with Gasteiger partial charge in [-0.15, -0.1) is 0 Å². The van der Waals surface area contributed by atoms with E-state index in [9.17, 15) is 5.11 Å². The predicted molar refractivity (Wildman–Crippen MR) is 122 cm³/mol. The largest absolute Gasteiger partial charge is 0.508 e. The molecule has 6 heteroatoms. The van der Waals surface area contributed by atoms with E-state index in [2.05, 4.69) is 47.8 Å². The molecule has 0 spiro atoms. The Bertz CT molecular complexity index is 976. The van der Waals surface area contributed by atoms with Crippen molar-refractivity contribution in [1.29, 1.82) is 0 Å². The lowest BCUT2D eigenvalue weighted by Crippen LogP contribution is -2.37. The number of guanidine groups is 1. The van der Waals surface area contributed by atoms with Gasteiger partial charge in [-0.05, 0) is 69.0 Å². The van der Waals surface area contributed by atoms with Gasteiger partial charge in [-0.2, -0.15) is 5.10 Å². The van der Waals surface area contributed by atoms with Crippen LogP contribution in [-0.4, -0.2) is 33.9 Å². The lowest BCUT2D eigenvalue weighted by atomic mass is 10.1. The van der Waals surface area contributed by atoms with Crippen molar-refractivity contribution in [3.63, 3.8) is 0 Å². The third-order valence-electron chi connectivity index (χ3n) is 4.85. The Kier molecular flexibility index (Phi) is 7.49. The maximum absolute atomic E-state index is 9.38. The first kappa shape index (κ1) is 21.4. The van der Waals surface area contributed by atoms with E-state index < -0.39 is 0 Å². The number of phenols is 1. The maximum Gasteiger partial charge on any atom is 0.191 e. The van der Waals surface area contributed by atoms with E-state index in [1.54, 1.807) is 12.1 Å². The molecule has 0 atom stereocenters. The molecule has 0 aliphatic heterocycles. The zero-order valence-electron chi connectivity index (χ0n) is 18.0. The number of aliphatic imine (C=N–C) groups is 1. The number of aryl methyl sites for hydroxylation is 3. The van der Waals surface area contributed by atoms with Crippen LogP contribution in [0.1, 0.15) is 35.9 Å². The second-order valence-electron chi connectivity index (χ2n) is 7.36. The molecule has 1 aromatic heterocycles. The molecule has 0 unspecified atom stereocenters. The Balaban J connectivity index is 1.62. The summed E-state index contributed by atoms with van der Waals surface area (Å²) >= 11 is 0. The fourth-order valence-electron chi connectivity index (χ4n) is 3.39. The van der Waals surface area contributed by atoms with Gasteiger partial charge in [-0.25, -0.2) is 9.67 Å². The Morgan fingerprint density at radius 3 is 2.53 bits per heavy atom. The standard InChI is InChI=1S/C24H31N5O/c1-4-25-24(26-15-7-8-20-11-13-22(30)14-12-20)27-17-21-9-5-6-10-23(21)29-19(3)16-18(2)28-29/h5-6,9-14,16,30H,4,7-8,15,17H2,1-3H3,(H2,25,26,27). The van der Waals surface area contributed by atoms with Crippen molar-refractivity contribution in [3.8, 4) is 11.4 Å². The van der Waals surface area contributed by atoms with Gasteiger partial charge in [0.25, 0.3) is 0 Å². The quantitative estimate of drug-likeness (QED) is 0.302. The number of hydrogen-bond donors (Lipinski definition) is 3. The van der Waals surface area contributed by atoms with Crippen molar-refractivity contribution in [2.45, 2.75) is 40.2 Å². The molecule has 0 fully saturated rings. The number of benzene rings is 2. The summed E-state index contributed by atoms with van der Waals surface area (Å²) in [5.74, 6) is 1.12. The minimum atomic E-state index is 0.305. The monoisotopic (exact) mass is 405 g/mol. The van der Waals surface area contributed by atoms with Crippen LogP contribution in [0.25, 0.3) is 5.69 Å². The smallest absolute Gasteiger partial charge is 0.191 e. The van der Waals surface area contributed by atoms with Crippen LogP contribution in [0.5, 0.6) is 5.75 Å². The highest BCUT2D eigenvalue weighted by Gasteiger charge is 2.08. The number of aromatic nitrogens is 2. The van der Waals surface area contributed by atoms with Gasteiger partial charge in [0.05, 0.1) is 17.9 Å². The summed E-state index contributed by atoms with van der Waals surface area (Å²) in [6.07, 6.45) is 1.94. The second kappa shape index (κ2) is 10.5. The number of phenolic OH excluding ortho intramolecular Hbond substituents is 1. The maximum atomic E-state index is 9.38. The van der Waals surface area contributed by atoms with Crippen molar-refractivity contribution < 1.29 is 5.11 Å². The van der Waals surface area contributed by atoms with E-state index >= 15 is 0 Å². The molecule has 2 aromatic carbocycles. The molecule has 0 saturated carbocycles. The van der Waals surface area contributed by atoms with Crippen LogP contribution < -0.4 is 10.6 Å². The SMILES string of the molecule is CCNC(=NCc1ccccc1-n1nc(C)cc1C)NCCCc1ccc(O)cc1. The van der Waals surface area contributed by atoms with Gasteiger partial charge in [-0.1, -0.05) is 30.3 Å². The summed E-state index contributed by atoms with van der Waals surface area (Å²) in [5.41, 5.74) is 5.54. The molecule has 3 rings (SSSR count). The molecule has 0 aliphatic carbocycles. The Morgan fingerprint density at radius 2 is 1.83 bits per heavy atom.